The molecule has 3 heteroatoms. The van der Waals surface area contributed by atoms with Crippen LogP contribution in [0.1, 0.15) is 5.56 Å². The van der Waals surface area contributed by atoms with E-state index in [2.05, 4.69) is 25.8 Å². The second kappa shape index (κ2) is 3.77. The topological polar surface area (TPSA) is 17.2 Å². The number of benzene rings is 1. The lowest BCUT2D eigenvalue weighted by molar-refractivity contribution is 1.26. The van der Waals surface area contributed by atoms with Crippen molar-refractivity contribution < 1.29 is 0 Å². The third-order valence-corrected chi connectivity index (χ3v) is 2.54. The molecular formula is C11H7BrN2. The van der Waals surface area contributed by atoms with Crippen LogP contribution < -0.4 is 0 Å². The number of rotatable bonds is 1. The molecule has 0 bridgehead atoms. The lowest BCUT2D eigenvalue weighted by Gasteiger charge is -2.00. The third kappa shape index (κ3) is 1.61. The minimum atomic E-state index is 0.417. The van der Waals surface area contributed by atoms with Gasteiger partial charge in [-0.3, -0.25) is 4.98 Å². The number of hydrogen-bond donors (Lipinski definition) is 0. The molecule has 14 heavy (non-hydrogen) atoms. The zero-order valence-corrected chi connectivity index (χ0v) is 8.95. The molecule has 0 atom stereocenters. The third-order valence-electron chi connectivity index (χ3n) is 2.04. The Morgan fingerprint density at radius 3 is 3.00 bits per heavy atom. The van der Waals surface area contributed by atoms with Gasteiger partial charge >= 0.3 is 0 Å². The summed E-state index contributed by atoms with van der Waals surface area (Å²) in [5, 5.41) is 1.06. The van der Waals surface area contributed by atoms with Crippen molar-refractivity contribution >= 4 is 26.8 Å². The summed E-state index contributed by atoms with van der Waals surface area (Å²) in [6.07, 6.45) is 1.75. The van der Waals surface area contributed by atoms with Gasteiger partial charge in [0.1, 0.15) is 0 Å². The zero-order chi connectivity index (χ0) is 9.97. The van der Waals surface area contributed by atoms with Crippen LogP contribution in [0.25, 0.3) is 15.7 Å². The first-order valence-electron chi connectivity index (χ1n) is 4.17. The number of aromatic nitrogens is 1. The lowest BCUT2D eigenvalue weighted by Crippen LogP contribution is -1.85. The SMILES string of the molecule is [C-]#[N+]Cc1ccnc2cc(Br)ccc12. The quantitative estimate of drug-likeness (QED) is 0.706. The molecule has 0 spiro atoms. The van der Waals surface area contributed by atoms with Gasteiger partial charge in [-0.1, -0.05) is 22.0 Å². The van der Waals surface area contributed by atoms with Crippen LogP contribution in [-0.4, -0.2) is 4.98 Å². The fourth-order valence-corrected chi connectivity index (χ4v) is 1.75. The van der Waals surface area contributed by atoms with Crippen LogP contribution >= 0.6 is 15.9 Å². The first kappa shape index (κ1) is 9.17. The van der Waals surface area contributed by atoms with Crippen molar-refractivity contribution in [2.45, 2.75) is 6.54 Å². The van der Waals surface area contributed by atoms with Gasteiger partial charge in [0.05, 0.1) is 5.52 Å². The summed E-state index contributed by atoms with van der Waals surface area (Å²) in [7, 11) is 0. The second-order valence-corrected chi connectivity index (χ2v) is 3.86. The first-order chi connectivity index (χ1) is 6.81. The first-order valence-corrected chi connectivity index (χ1v) is 4.97. The van der Waals surface area contributed by atoms with Crippen LogP contribution in [-0.2, 0) is 6.54 Å². The molecule has 0 fully saturated rings. The molecule has 1 heterocycles. The van der Waals surface area contributed by atoms with Gasteiger partial charge in [-0.2, -0.15) is 0 Å². The second-order valence-electron chi connectivity index (χ2n) is 2.95. The Morgan fingerprint density at radius 2 is 2.21 bits per heavy atom. The van der Waals surface area contributed by atoms with E-state index in [9.17, 15) is 0 Å². The van der Waals surface area contributed by atoms with Gasteiger partial charge in [0.15, 0.2) is 0 Å². The van der Waals surface area contributed by atoms with E-state index < -0.39 is 0 Å². The monoisotopic (exact) mass is 246 g/mol. The van der Waals surface area contributed by atoms with E-state index in [0.29, 0.717) is 6.54 Å². The molecule has 2 rings (SSSR count). The Bertz CT molecular complexity index is 514. The maximum atomic E-state index is 6.85. The Morgan fingerprint density at radius 1 is 1.36 bits per heavy atom. The van der Waals surface area contributed by atoms with E-state index in [1.807, 2.05) is 24.3 Å². The zero-order valence-electron chi connectivity index (χ0n) is 7.37. The summed E-state index contributed by atoms with van der Waals surface area (Å²) >= 11 is 3.40. The molecule has 0 N–H and O–H groups in total. The van der Waals surface area contributed by atoms with Crippen molar-refractivity contribution in [2.24, 2.45) is 0 Å². The van der Waals surface area contributed by atoms with Crippen LogP contribution in [0, 0.1) is 6.57 Å². The Hall–Kier alpha value is -1.40. The van der Waals surface area contributed by atoms with Gasteiger partial charge < -0.3 is 4.85 Å². The molecule has 0 aliphatic heterocycles. The molecule has 0 saturated carbocycles. The highest BCUT2D eigenvalue weighted by molar-refractivity contribution is 9.10. The van der Waals surface area contributed by atoms with Crippen molar-refractivity contribution in [3.05, 3.63) is 51.9 Å². The summed E-state index contributed by atoms with van der Waals surface area (Å²) in [5.41, 5.74) is 1.97. The molecule has 2 nitrogen and oxygen atoms in total. The van der Waals surface area contributed by atoms with E-state index in [1.54, 1.807) is 6.20 Å². The fourth-order valence-electron chi connectivity index (χ4n) is 1.40. The summed E-state index contributed by atoms with van der Waals surface area (Å²) in [4.78, 5) is 7.64. The summed E-state index contributed by atoms with van der Waals surface area (Å²) in [6.45, 7) is 7.27. The molecule has 1 aromatic heterocycles. The Labute approximate surface area is 90.5 Å². The number of nitrogens with zero attached hydrogens (tertiary/aromatic N) is 2. The fraction of sp³-hybridized carbons (Fsp3) is 0.0909. The standard InChI is InChI=1S/C11H7BrN2/c1-13-7-8-4-5-14-11-6-9(12)2-3-10(8)11/h2-6H,7H2. The van der Waals surface area contributed by atoms with Crippen LogP contribution in [0.5, 0.6) is 0 Å². The summed E-state index contributed by atoms with van der Waals surface area (Å²) < 4.78 is 1.01. The predicted octanol–water partition coefficient (Wildman–Crippen LogP) is 3.42. The van der Waals surface area contributed by atoms with Gasteiger partial charge in [-0.25, -0.2) is 6.57 Å². The van der Waals surface area contributed by atoms with Gasteiger partial charge in [-0.05, 0) is 18.2 Å². The minimum absolute atomic E-state index is 0.417. The number of hydrogen-bond acceptors (Lipinski definition) is 1. The van der Waals surface area contributed by atoms with Gasteiger partial charge in [0, 0.05) is 21.6 Å². The lowest BCUT2D eigenvalue weighted by atomic mass is 10.1. The van der Waals surface area contributed by atoms with Crippen molar-refractivity contribution in [1.29, 1.82) is 0 Å². The van der Waals surface area contributed by atoms with Gasteiger partial charge in [-0.15, -0.1) is 0 Å². The maximum Gasteiger partial charge on any atom is 0.240 e. The van der Waals surface area contributed by atoms with Crippen LogP contribution in [0.4, 0.5) is 0 Å². The highest BCUT2D eigenvalue weighted by Crippen LogP contribution is 2.21. The largest absolute Gasteiger partial charge is 0.312 e. The molecule has 1 aromatic carbocycles. The van der Waals surface area contributed by atoms with Gasteiger partial charge in [0.25, 0.3) is 0 Å². The van der Waals surface area contributed by atoms with E-state index in [1.165, 1.54) is 0 Å². The Balaban J connectivity index is 2.70. The van der Waals surface area contributed by atoms with Crippen molar-refractivity contribution in [3.63, 3.8) is 0 Å². The smallest absolute Gasteiger partial charge is 0.240 e. The van der Waals surface area contributed by atoms with Crippen molar-refractivity contribution in [1.82, 2.24) is 4.98 Å². The summed E-state index contributed by atoms with van der Waals surface area (Å²) in [5.74, 6) is 0. The molecule has 2 aromatic rings. The van der Waals surface area contributed by atoms with E-state index in [-0.39, 0.29) is 0 Å². The molecular weight excluding hydrogens is 240 g/mol. The molecule has 0 saturated heterocycles. The van der Waals surface area contributed by atoms with Crippen LogP contribution in [0.15, 0.2) is 34.9 Å². The number of halogens is 1. The molecule has 0 radical (unpaired) electrons. The van der Waals surface area contributed by atoms with Crippen molar-refractivity contribution in [3.8, 4) is 0 Å². The van der Waals surface area contributed by atoms with Crippen molar-refractivity contribution in [2.75, 3.05) is 0 Å². The average Bonchev–Trinajstić information content (AvgIpc) is 2.18. The molecule has 0 amide bonds. The maximum absolute atomic E-state index is 6.85. The van der Waals surface area contributed by atoms with E-state index >= 15 is 0 Å². The average molecular weight is 247 g/mol. The number of fused-ring (bicyclic) bond motifs is 1. The van der Waals surface area contributed by atoms with Gasteiger partial charge in [0.2, 0.25) is 6.54 Å². The van der Waals surface area contributed by atoms with E-state index in [4.69, 9.17) is 6.57 Å². The molecule has 68 valence electrons. The highest BCUT2D eigenvalue weighted by Gasteiger charge is 2.03. The predicted molar refractivity (Wildman–Crippen MR) is 59.7 cm³/mol. The molecule has 0 aliphatic rings. The molecule has 0 unspecified atom stereocenters. The molecule has 0 aliphatic carbocycles. The minimum Gasteiger partial charge on any atom is -0.312 e. The highest BCUT2D eigenvalue weighted by atomic mass is 79.9. The summed E-state index contributed by atoms with van der Waals surface area (Å²) in [6, 6.07) is 7.82. The number of pyridine rings is 1. The van der Waals surface area contributed by atoms with E-state index in [0.717, 1.165) is 20.9 Å². The normalized spacial score (nSPS) is 10.0. The Kier molecular flexibility index (Phi) is 2.47. The van der Waals surface area contributed by atoms with Crippen LogP contribution in [0.2, 0.25) is 0 Å². The van der Waals surface area contributed by atoms with Crippen LogP contribution in [0.3, 0.4) is 0 Å².